The minimum atomic E-state index is -4.31. The van der Waals surface area contributed by atoms with E-state index < -0.39 is 60.5 Å². The molecule has 0 bridgehead atoms. The van der Waals surface area contributed by atoms with Gasteiger partial charge < -0.3 is 39.9 Å². The van der Waals surface area contributed by atoms with Crippen molar-refractivity contribution in [3.8, 4) is 34.1 Å². The van der Waals surface area contributed by atoms with Crippen LogP contribution in [0.5, 0.6) is 23.0 Å². The number of hydrogen-bond acceptors (Lipinski definition) is 10. The van der Waals surface area contributed by atoms with Crippen LogP contribution < -0.4 is 30.4 Å². The molecule has 6 aromatic carbocycles. The first-order valence-electron chi connectivity index (χ1n) is 22.4. The van der Waals surface area contributed by atoms with Crippen LogP contribution in [0.15, 0.2) is 146 Å². The summed E-state index contributed by atoms with van der Waals surface area (Å²) >= 11 is 0. The maximum Gasteiger partial charge on any atom is 0.426 e. The van der Waals surface area contributed by atoms with Crippen molar-refractivity contribution in [2.24, 2.45) is 0 Å². The van der Waals surface area contributed by atoms with Crippen molar-refractivity contribution in [3.63, 3.8) is 0 Å². The number of hydrogen-bond donors (Lipinski definition) is 2. The molecule has 0 aliphatic rings. The number of carbonyl (C=O) groups is 2. The molecule has 6 rings (SSSR count). The molecule has 74 heavy (non-hydrogen) atoms. The van der Waals surface area contributed by atoms with Crippen LogP contribution in [-0.2, 0) is 44.5 Å². The number of carbonyl (C=O) groups excluding carboxylic acids is 2. The Morgan fingerprint density at radius 2 is 0.784 bits per heavy atom. The maximum absolute atomic E-state index is 15.0. The van der Waals surface area contributed by atoms with Crippen LogP contribution in [0, 0.1) is 0 Å². The SMILES string of the molecule is Nc1ccc(-c2ccc(N)cc2COC(=O)/C=C/c2ccc(C(F)(F)Oc3ccc(OCCCC(F)(F)F)cc3)cc2)c(COC(=O)/C=C/c2ccc(C(F)(F)Oc3ccc(OCCCC(F)(F)F)cc3)cc2)c1. The Bertz CT molecular complexity index is 2670. The predicted octanol–water partition coefficient (Wildman–Crippen LogP) is 13.7. The molecule has 390 valence electrons. The van der Waals surface area contributed by atoms with Crippen LogP contribution in [0.1, 0.15) is 59.1 Å². The third-order valence-electron chi connectivity index (χ3n) is 10.5. The fourth-order valence-corrected chi connectivity index (χ4v) is 6.84. The van der Waals surface area contributed by atoms with Gasteiger partial charge in [0.2, 0.25) is 0 Å². The van der Waals surface area contributed by atoms with Crippen LogP contribution >= 0.6 is 0 Å². The Balaban J connectivity index is 0.995. The van der Waals surface area contributed by atoms with E-state index in [9.17, 15) is 35.9 Å². The molecule has 10 nitrogen and oxygen atoms in total. The average Bonchev–Trinajstić information content (AvgIpc) is 3.34. The highest BCUT2D eigenvalue weighted by Gasteiger charge is 2.36. The van der Waals surface area contributed by atoms with E-state index in [4.69, 9.17) is 39.9 Å². The van der Waals surface area contributed by atoms with Gasteiger partial charge in [-0.25, -0.2) is 9.59 Å². The molecule has 0 aliphatic carbocycles. The monoisotopic (exact) mass is 1040 g/mol. The summed E-state index contributed by atoms with van der Waals surface area (Å²) in [5.74, 6) is -1.63. The van der Waals surface area contributed by atoms with Crippen molar-refractivity contribution < 1.29 is 81.9 Å². The number of nitrogen functional groups attached to an aromatic ring is 2. The lowest BCUT2D eigenvalue weighted by Crippen LogP contribution is -2.21. The van der Waals surface area contributed by atoms with Gasteiger partial charge in [-0.3, -0.25) is 0 Å². The van der Waals surface area contributed by atoms with Crippen molar-refractivity contribution in [2.45, 2.75) is 63.5 Å². The fourth-order valence-electron chi connectivity index (χ4n) is 6.84. The standard InChI is InChI=1S/C54H46F10N2O8/c55-51(56,57)27-1-29-69-43-15-19-45(20-16-43)73-53(61,62)39-9-3-35(4-10-39)7-25-49(67)71-33-37-31-41(65)13-23-47(37)48-24-14-42(66)32-38(48)34-72-50(68)26-8-36-5-11-40(12-6-36)54(63,64)74-46-21-17-44(18-22-46)70-30-2-28-52(58,59)60/h3-26,31-32H,1-2,27-30,33-34,65-66H2/b25-7+,26-8+. The highest BCUT2D eigenvalue weighted by Crippen LogP contribution is 2.36. The molecule has 0 unspecified atom stereocenters. The number of benzene rings is 6. The van der Waals surface area contributed by atoms with Gasteiger partial charge in [0.25, 0.3) is 0 Å². The third kappa shape index (κ3) is 17.6. The normalized spacial score (nSPS) is 12.2. The molecule has 20 heteroatoms. The van der Waals surface area contributed by atoms with Gasteiger partial charge in [0.05, 0.1) is 24.3 Å². The predicted molar refractivity (Wildman–Crippen MR) is 255 cm³/mol. The summed E-state index contributed by atoms with van der Waals surface area (Å²) in [6.45, 7) is -0.943. The lowest BCUT2D eigenvalue weighted by Gasteiger charge is -2.18. The second kappa shape index (κ2) is 24.5. The van der Waals surface area contributed by atoms with E-state index in [0.29, 0.717) is 44.8 Å². The van der Waals surface area contributed by atoms with Crippen LogP contribution in [-0.4, -0.2) is 37.5 Å². The van der Waals surface area contributed by atoms with E-state index >= 15 is 17.6 Å². The Labute approximate surface area is 417 Å². The van der Waals surface area contributed by atoms with E-state index in [2.05, 4.69) is 0 Å². The number of rotatable bonds is 23. The molecule has 0 saturated carbocycles. The van der Waals surface area contributed by atoms with Crippen LogP contribution in [0.3, 0.4) is 0 Å². The quantitative estimate of drug-likeness (QED) is 0.0209. The first kappa shape index (κ1) is 55.2. The zero-order chi connectivity index (χ0) is 53.5. The summed E-state index contributed by atoms with van der Waals surface area (Å²) in [4.78, 5) is 25.7. The minimum absolute atomic E-state index is 0.184. The zero-order valence-electron chi connectivity index (χ0n) is 38.9. The molecule has 4 N–H and O–H groups in total. The summed E-state index contributed by atoms with van der Waals surface area (Å²) in [6, 6.07) is 29.5. The lowest BCUT2D eigenvalue weighted by atomic mass is 9.95. The zero-order valence-corrected chi connectivity index (χ0v) is 38.9. The largest absolute Gasteiger partial charge is 0.494 e. The first-order chi connectivity index (χ1) is 35.0. The highest BCUT2D eigenvalue weighted by atomic mass is 19.4. The highest BCUT2D eigenvalue weighted by molar-refractivity contribution is 5.88. The van der Waals surface area contributed by atoms with Gasteiger partial charge in [-0.1, -0.05) is 36.4 Å². The van der Waals surface area contributed by atoms with Crippen LogP contribution in [0.2, 0.25) is 0 Å². The molecular formula is C54H46F10N2O8. The van der Waals surface area contributed by atoms with E-state index in [-0.39, 0.29) is 62.3 Å². The van der Waals surface area contributed by atoms with E-state index in [1.807, 2.05) is 0 Å². The van der Waals surface area contributed by atoms with Gasteiger partial charge >= 0.3 is 36.5 Å². The number of halogens is 10. The van der Waals surface area contributed by atoms with Gasteiger partial charge in [-0.05, 0) is 155 Å². The molecule has 0 heterocycles. The Hall–Kier alpha value is -8.16. The van der Waals surface area contributed by atoms with Gasteiger partial charge in [-0.2, -0.15) is 43.9 Å². The molecule has 0 radical (unpaired) electrons. The summed E-state index contributed by atoms with van der Waals surface area (Å²) < 4.78 is 165. The molecule has 6 aromatic rings. The second-order valence-electron chi connectivity index (χ2n) is 16.3. The molecule has 0 fully saturated rings. The van der Waals surface area contributed by atoms with Crippen LogP contribution in [0.25, 0.3) is 23.3 Å². The second-order valence-corrected chi connectivity index (χ2v) is 16.3. The number of ether oxygens (including phenoxy) is 6. The summed E-state index contributed by atoms with van der Waals surface area (Å²) in [6.07, 6.45) is -13.8. The molecule has 0 atom stereocenters. The fraction of sp³-hybridized carbons (Fsp3) is 0.222. The summed E-state index contributed by atoms with van der Waals surface area (Å²) in [5, 5.41) is 0. The van der Waals surface area contributed by atoms with Crippen molar-refractivity contribution in [3.05, 3.63) is 179 Å². The molecule has 0 saturated heterocycles. The van der Waals surface area contributed by atoms with E-state index in [1.54, 1.807) is 36.4 Å². The van der Waals surface area contributed by atoms with E-state index in [1.165, 1.54) is 84.9 Å². The van der Waals surface area contributed by atoms with E-state index in [0.717, 1.165) is 36.4 Å². The summed E-state index contributed by atoms with van der Waals surface area (Å²) in [5.41, 5.74) is 14.7. The minimum Gasteiger partial charge on any atom is -0.494 e. The smallest absolute Gasteiger partial charge is 0.426 e. The molecule has 0 spiro atoms. The Kier molecular flexibility index (Phi) is 18.3. The van der Waals surface area contributed by atoms with Crippen LogP contribution in [0.4, 0.5) is 55.3 Å². The number of nitrogens with two attached hydrogens (primary N) is 2. The molecular weight excluding hydrogens is 995 g/mol. The van der Waals surface area contributed by atoms with Crippen molar-refractivity contribution in [2.75, 3.05) is 24.7 Å². The van der Waals surface area contributed by atoms with Gasteiger partial charge in [0.15, 0.2) is 0 Å². The average molecular weight is 1040 g/mol. The van der Waals surface area contributed by atoms with Crippen molar-refractivity contribution >= 4 is 35.5 Å². The summed E-state index contributed by atoms with van der Waals surface area (Å²) in [7, 11) is 0. The Morgan fingerprint density at radius 3 is 1.12 bits per heavy atom. The third-order valence-corrected chi connectivity index (χ3v) is 10.5. The maximum atomic E-state index is 15.0. The van der Waals surface area contributed by atoms with Gasteiger partial charge in [-0.15, -0.1) is 0 Å². The van der Waals surface area contributed by atoms with Gasteiger partial charge in [0, 0.05) is 36.4 Å². The van der Waals surface area contributed by atoms with Crippen molar-refractivity contribution in [1.29, 1.82) is 0 Å². The molecule has 0 aliphatic heterocycles. The lowest BCUT2D eigenvalue weighted by molar-refractivity contribution is -0.186. The topological polar surface area (TPSA) is 142 Å². The first-order valence-corrected chi connectivity index (χ1v) is 22.4. The molecule has 0 amide bonds. The number of alkyl halides is 10. The number of anilines is 2. The van der Waals surface area contributed by atoms with Crippen molar-refractivity contribution in [1.82, 2.24) is 0 Å². The number of esters is 2. The molecule has 0 aromatic heterocycles. The van der Waals surface area contributed by atoms with Gasteiger partial charge in [0.1, 0.15) is 36.2 Å². The Morgan fingerprint density at radius 1 is 0.446 bits per heavy atom.